The minimum Gasteiger partial charge on any atom is -0.507 e. The van der Waals surface area contributed by atoms with E-state index in [0.717, 1.165) is 0 Å². The van der Waals surface area contributed by atoms with Crippen molar-refractivity contribution in [3.63, 3.8) is 0 Å². The van der Waals surface area contributed by atoms with Gasteiger partial charge in [-0.05, 0) is 38.1 Å². The van der Waals surface area contributed by atoms with Crippen molar-refractivity contribution in [3.8, 4) is 5.75 Å². The molecule has 0 saturated carbocycles. The van der Waals surface area contributed by atoms with Crippen molar-refractivity contribution < 1.29 is 19.1 Å². The Bertz CT molecular complexity index is 709. The highest BCUT2D eigenvalue weighted by Gasteiger charge is 2.16. The number of nitrogens with one attached hydrogen (secondary N) is 2. The summed E-state index contributed by atoms with van der Waals surface area (Å²) in [5, 5.41) is 9.63. The Morgan fingerprint density at radius 1 is 1.10 bits per heavy atom. The largest absolute Gasteiger partial charge is 0.507 e. The minimum absolute atomic E-state index is 0.0461. The average molecular weight is 353 g/mol. The third kappa shape index (κ3) is 3.43. The van der Waals surface area contributed by atoms with E-state index in [4.69, 9.17) is 4.42 Å². The van der Waals surface area contributed by atoms with Crippen LogP contribution in [0.3, 0.4) is 0 Å². The molecule has 1 aromatic heterocycles. The molecule has 7 heteroatoms. The zero-order valence-electron chi connectivity index (χ0n) is 11.4. The summed E-state index contributed by atoms with van der Waals surface area (Å²) in [5.74, 6) is -0.231. The van der Waals surface area contributed by atoms with Crippen LogP contribution in [0.1, 0.15) is 32.2 Å². The molecular formula is C14H13BrN2O4. The molecule has 0 atom stereocenters. The summed E-state index contributed by atoms with van der Waals surface area (Å²) in [6, 6.07) is 6.00. The number of furan rings is 1. The summed E-state index contributed by atoms with van der Waals surface area (Å²) in [5.41, 5.74) is 4.90. The van der Waals surface area contributed by atoms with Gasteiger partial charge in [-0.15, -0.1) is 0 Å². The summed E-state index contributed by atoms with van der Waals surface area (Å²) in [6.45, 7) is 3.38. The fourth-order valence-electron chi connectivity index (χ4n) is 1.79. The predicted molar refractivity (Wildman–Crippen MR) is 78.9 cm³/mol. The molecule has 0 unspecified atom stereocenters. The van der Waals surface area contributed by atoms with Crippen molar-refractivity contribution in [2.75, 3.05) is 0 Å². The Balaban J connectivity index is 2.06. The quantitative estimate of drug-likeness (QED) is 0.724. The van der Waals surface area contributed by atoms with Crippen molar-refractivity contribution in [2.45, 2.75) is 13.8 Å². The normalized spacial score (nSPS) is 10.2. The van der Waals surface area contributed by atoms with Gasteiger partial charge in [0.25, 0.3) is 11.8 Å². The molecule has 0 aliphatic carbocycles. The number of phenolic OH excluding ortho intramolecular Hbond substituents is 1. The van der Waals surface area contributed by atoms with Gasteiger partial charge >= 0.3 is 0 Å². The maximum atomic E-state index is 11.9. The number of aryl methyl sites for hydroxylation is 2. The Kier molecular flexibility index (Phi) is 4.32. The molecule has 0 aliphatic rings. The number of amides is 2. The van der Waals surface area contributed by atoms with Gasteiger partial charge in [-0.25, -0.2) is 0 Å². The summed E-state index contributed by atoms with van der Waals surface area (Å²) in [6.07, 6.45) is 0. The van der Waals surface area contributed by atoms with Crippen LogP contribution in [0.4, 0.5) is 0 Å². The number of benzene rings is 1. The van der Waals surface area contributed by atoms with E-state index in [1.165, 1.54) is 12.1 Å². The molecule has 2 amide bonds. The summed E-state index contributed by atoms with van der Waals surface area (Å²) in [4.78, 5) is 23.8. The van der Waals surface area contributed by atoms with Crippen LogP contribution in [0.25, 0.3) is 0 Å². The van der Waals surface area contributed by atoms with Gasteiger partial charge in [-0.1, -0.05) is 15.9 Å². The first kappa shape index (κ1) is 15.1. The van der Waals surface area contributed by atoms with Crippen molar-refractivity contribution in [1.29, 1.82) is 0 Å². The molecule has 6 nitrogen and oxygen atoms in total. The molecule has 3 N–H and O–H groups in total. The molecule has 0 spiro atoms. The molecule has 2 rings (SSSR count). The Morgan fingerprint density at radius 3 is 2.29 bits per heavy atom. The predicted octanol–water partition coefficient (Wildman–Crippen LogP) is 2.44. The number of phenols is 1. The number of halogens is 1. The van der Waals surface area contributed by atoms with Crippen LogP contribution in [-0.4, -0.2) is 16.9 Å². The van der Waals surface area contributed by atoms with Crippen LogP contribution in [0, 0.1) is 13.8 Å². The lowest BCUT2D eigenvalue weighted by Gasteiger charge is -2.08. The summed E-state index contributed by atoms with van der Waals surface area (Å²) < 4.78 is 5.88. The number of rotatable bonds is 2. The van der Waals surface area contributed by atoms with E-state index in [1.54, 1.807) is 26.0 Å². The molecule has 21 heavy (non-hydrogen) atoms. The third-order valence-electron chi connectivity index (χ3n) is 2.78. The SMILES string of the molecule is Cc1cc(C(=O)NNC(=O)c2cc(Br)ccc2O)c(C)o1. The second-order valence-corrected chi connectivity index (χ2v) is 5.31. The number of aromatic hydroxyl groups is 1. The van der Waals surface area contributed by atoms with Crippen LogP contribution < -0.4 is 10.9 Å². The van der Waals surface area contributed by atoms with Crippen molar-refractivity contribution >= 4 is 27.7 Å². The monoisotopic (exact) mass is 352 g/mol. The van der Waals surface area contributed by atoms with Gasteiger partial charge in [0.05, 0.1) is 11.1 Å². The van der Waals surface area contributed by atoms with E-state index >= 15 is 0 Å². The highest BCUT2D eigenvalue weighted by molar-refractivity contribution is 9.10. The number of hydrogen-bond acceptors (Lipinski definition) is 4. The minimum atomic E-state index is -0.625. The topological polar surface area (TPSA) is 91.6 Å². The van der Waals surface area contributed by atoms with Gasteiger partial charge in [-0.3, -0.25) is 20.4 Å². The smallest absolute Gasteiger partial charge is 0.273 e. The number of carbonyl (C=O) groups excluding carboxylic acids is 2. The molecule has 1 heterocycles. The molecule has 110 valence electrons. The van der Waals surface area contributed by atoms with E-state index in [2.05, 4.69) is 26.8 Å². The summed E-state index contributed by atoms with van der Waals surface area (Å²) in [7, 11) is 0. The Hall–Kier alpha value is -2.28. The molecular weight excluding hydrogens is 340 g/mol. The molecule has 0 aliphatic heterocycles. The van der Waals surface area contributed by atoms with E-state index in [1.807, 2.05) is 0 Å². The molecule has 0 fully saturated rings. The number of hydrogen-bond donors (Lipinski definition) is 3. The van der Waals surface area contributed by atoms with Gasteiger partial charge in [-0.2, -0.15) is 0 Å². The molecule has 2 aromatic rings. The standard InChI is InChI=1S/C14H13BrN2O4/c1-7-5-10(8(2)21-7)13(19)16-17-14(20)11-6-9(15)3-4-12(11)18/h3-6,18H,1-2H3,(H,16,19)(H,17,20). The molecule has 1 aromatic carbocycles. The first-order valence-corrected chi connectivity index (χ1v) is 6.84. The molecule has 0 radical (unpaired) electrons. The van der Waals surface area contributed by atoms with E-state index < -0.39 is 11.8 Å². The first-order chi connectivity index (χ1) is 9.88. The fourth-order valence-corrected chi connectivity index (χ4v) is 2.16. The van der Waals surface area contributed by atoms with Gasteiger partial charge in [0.15, 0.2) is 0 Å². The Labute approximate surface area is 129 Å². The van der Waals surface area contributed by atoms with E-state index in [-0.39, 0.29) is 11.3 Å². The third-order valence-corrected chi connectivity index (χ3v) is 3.27. The molecule has 0 saturated heterocycles. The van der Waals surface area contributed by atoms with Crippen molar-refractivity contribution in [2.24, 2.45) is 0 Å². The highest BCUT2D eigenvalue weighted by atomic mass is 79.9. The van der Waals surface area contributed by atoms with E-state index in [0.29, 0.717) is 21.6 Å². The van der Waals surface area contributed by atoms with Crippen LogP contribution in [-0.2, 0) is 0 Å². The zero-order chi connectivity index (χ0) is 15.6. The van der Waals surface area contributed by atoms with Gasteiger partial charge in [0, 0.05) is 4.47 Å². The van der Waals surface area contributed by atoms with Gasteiger partial charge in [0.2, 0.25) is 0 Å². The molecule has 0 bridgehead atoms. The maximum absolute atomic E-state index is 11.9. The van der Waals surface area contributed by atoms with E-state index in [9.17, 15) is 14.7 Å². The lowest BCUT2D eigenvalue weighted by molar-refractivity contribution is 0.0844. The second-order valence-electron chi connectivity index (χ2n) is 4.40. The maximum Gasteiger partial charge on any atom is 0.273 e. The average Bonchev–Trinajstić information content (AvgIpc) is 2.77. The van der Waals surface area contributed by atoms with Crippen molar-refractivity contribution in [1.82, 2.24) is 10.9 Å². The second kappa shape index (κ2) is 6.01. The number of hydrazine groups is 1. The highest BCUT2D eigenvalue weighted by Crippen LogP contribution is 2.21. The zero-order valence-corrected chi connectivity index (χ0v) is 12.9. The van der Waals surface area contributed by atoms with Gasteiger partial charge in [0.1, 0.15) is 17.3 Å². The van der Waals surface area contributed by atoms with Crippen LogP contribution in [0.2, 0.25) is 0 Å². The lowest BCUT2D eigenvalue weighted by Crippen LogP contribution is -2.41. The summed E-state index contributed by atoms with van der Waals surface area (Å²) >= 11 is 3.20. The number of carbonyl (C=O) groups is 2. The van der Waals surface area contributed by atoms with Crippen LogP contribution in [0.5, 0.6) is 5.75 Å². The lowest BCUT2D eigenvalue weighted by atomic mass is 10.2. The first-order valence-electron chi connectivity index (χ1n) is 6.04. The van der Waals surface area contributed by atoms with Gasteiger partial charge < -0.3 is 9.52 Å². The van der Waals surface area contributed by atoms with Crippen LogP contribution >= 0.6 is 15.9 Å². The Morgan fingerprint density at radius 2 is 1.71 bits per heavy atom. The van der Waals surface area contributed by atoms with Crippen LogP contribution in [0.15, 0.2) is 33.2 Å². The fraction of sp³-hybridized carbons (Fsp3) is 0.143. The van der Waals surface area contributed by atoms with Crippen molar-refractivity contribution in [3.05, 3.63) is 51.4 Å².